The molecule has 0 fully saturated rings. The number of halogens is 2. The molecule has 0 aromatic heterocycles. The van der Waals surface area contributed by atoms with Gasteiger partial charge in [-0.1, -0.05) is 11.6 Å². The van der Waals surface area contributed by atoms with Crippen molar-refractivity contribution in [1.29, 1.82) is 0 Å². The summed E-state index contributed by atoms with van der Waals surface area (Å²) in [7, 11) is 0. The number of phenolic OH excluding ortho intramolecular Hbond substituents is 1. The van der Waals surface area contributed by atoms with E-state index in [0.717, 1.165) is 0 Å². The van der Waals surface area contributed by atoms with Crippen molar-refractivity contribution < 1.29 is 9.90 Å². The maximum absolute atomic E-state index is 10.0. The molecule has 0 atom stereocenters. The van der Waals surface area contributed by atoms with Crippen molar-refractivity contribution in [1.82, 2.24) is 5.32 Å². The molecule has 1 rings (SSSR count). The summed E-state index contributed by atoms with van der Waals surface area (Å²) in [5, 5.41) is 12.4. The highest BCUT2D eigenvalue weighted by Crippen LogP contribution is 2.31. The van der Waals surface area contributed by atoms with E-state index in [1.165, 1.54) is 0 Å². The van der Waals surface area contributed by atoms with Crippen LogP contribution < -0.4 is 5.32 Å². The average molecular weight is 265 g/mol. The second-order valence-electron chi connectivity index (χ2n) is 2.39. The van der Waals surface area contributed by atoms with E-state index in [2.05, 4.69) is 21.2 Å². The summed E-state index contributed by atoms with van der Waals surface area (Å²) >= 11 is 8.88. The van der Waals surface area contributed by atoms with Crippen molar-refractivity contribution in [3.05, 3.63) is 27.2 Å². The summed E-state index contributed by atoms with van der Waals surface area (Å²) in [4.78, 5) is 10.0. The van der Waals surface area contributed by atoms with Crippen LogP contribution in [0, 0.1) is 0 Å². The van der Waals surface area contributed by atoms with Crippen molar-refractivity contribution in [3.63, 3.8) is 0 Å². The van der Waals surface area contributed by atoms with E-state index in [1.807, 2.05) is 0 Å². The monoisotopic (exact) mass is 263 g/mol. The summed E-state index contributed by atoms with van der Waals surface area (Å²) in [6, 6.07) is 3.18. The summed E-state index contributed by atoms with van der Waals surface area (Å²) in [6.07, 6.45) is 0.564. The number of nitrogens with one attached hydrogen (secondary N) is 1. The van der Waals surface area contributed by atoms with Gasteiger partial charge in [0.05, 0.1) is 4.47 Å². The third kappa shape index (κ3) is 2.60. The van der Waals surface area contributed by atoms with Gasteiger partial charge >= 0.3 is 0 Å². The van der Waals surface area contributed by atoms with Gasteiger partial charge in [-0.25, -0.2) is 0 Å². The molecule has 0 radical (unpaired) electrons. The van der Waals surface area contributed by atoms with Crippen LogP contribution in [0.25, 0.3) is 0 Å². The molecule has 0 aliphatic carbocycles. The minimum absolute atomic E-state index is 0.0961. The molecule has 1 aromatic rings. The maximum Gasteiger partial charge on any atom is 0.207 e. The minimum Gasteiger partial charge on any atom is -0.506 e. The summed E-state index contributed by atoms with van der Waals surface area (Å²) in [6.45, 7) is 0.258. The van der Waals surface area contributed by atoms with Gasteiger partial charge in [0.1, 0.15) is 5.75 Å². The summed E-state index contributed by atoms with van der Waals surface area (Å²) in [5.41, 5.74) is 0.575. The Kier molecular flexibility index (Phi) is 3.57. The number of hydrogen-bond donors (Lipinski definition) is 2. The Bertz CT molecular complexity index is 330. The van der Waals surface area contributed by atoms with E-state index in [0.29, 0.717) is 21.5 Å². The zero-order valence-corrected chi connectivity index (χ0v) is 8.89. The van der Waals surface area contributed by atoms with E-state index in [9.17, 15) is 9.90 Å². The standard InChI is InChI=1S/C8H7BrClNO2/c9-7-2-6(10)1-5(8(7)13)3-11-4-12/h1-2,4,13H,3H2,(H,11,12). The summed E-state index contributed by atoms with van der Waals surface area (Å²) < 4.78 is 0.516. The lowest BCUT2D eigenvalue weighted by molar-refractivity contribution is -0.109. The Morgan fingerprint density at radius 3 is 2.92 bits per heavy atom. The predicted molar refractivity (Wildman–Crippen MR) is 53.7 cm³/mol. The number of carbonyl (C=O) groups excluding carboxylic acids is 1. The van der Waals surface area contributed by atoms with Crippen molar-refractivity contribution in [3.8, 4) is 5.75 Å². The molecule has 5 heteroatoms. The Balaban J connectivity index is 2.98. The number of carbonyl (C=O) groups is 1. The van der Waals surface area contributed by atoms with Crippen LogP contribution in [0.15, 0.2) is 16.6 Å². The van der Waals surface area contributed by atoms with Crippen LogP contribution >= 0.6 is 27.5 Å². The van der Waals surface area contributed by atoms with Gasteiger partial charge in [-0.2, -0.15) is 0 Å². The van der Waals surface area contributed by atoms with Crippen LogP contribution in [0.4, 0.5) is 0 Å². The van der Waals surface area contributed by atoms with Crippen LogP contribution in [-0.4, -0.2) is 11.5 Å². The van der Waals surface area contributed by atoms with Gasteiger partial charge in [0.15, 0.2) is 0 Å². The van der Waals surface area contributed by atoms with E-state index in [4.69, 9.17) is 11.6 Å². The normalized spacial score (nSPS) is 9.69. The van der Waals surface area contributed by atoms with Crippen molar-refractivity contribution in [2.24, 2.45) is 0 Å². The molecule has 3 nitrogen and oxygen atoms in total. The molecule has 2 N–H and O–H groups in total. The van der Waals surface area contributed by atoms with Crippen molar-refractivity contribution in [2.75, 3.05) is 0 Å². The second-order valence-corrected chi connectivity index (χ2v) is 3.68. The molecule has 1 aromatic carbocycles. The molecule has 0 unspecified atom stereocenters. The zero-order chi connectivity index (χ0) is 9.84. The summed E-state index contributed by atoms with van der Waals surface area (Å²) in [5.74, 6) is 0.0961. The molecule has 0 saturated carbocycles. The SMILES string of the molecule is O=CNCc1cc(Cl)cc(Br)c1O. The quantitative estimate of drug-likeness (QED) is 0.821. The van der Waals surface area contributed by atoms with Crippen molar-refractivity contribution in [2.45, 2.75) is 6.54 Å². The van der Waals surface area contributed by atoms with Gasteiger partial charge in [0, 0.05) is 17.1 Å². The molecule has 0 saturated heterocycles. The number of amides is 1. The molecule has 0 aliphatic heterocycles. The van der Waals surface area contributed by atoms with E-state index in [-0.39, 0.29) is 12.3 Å². The van der Waals surface area contributed by atoms with Gasteiger partial charge < -0.3 is 10.4 Å². The van der Waals surface area contributed by atoms with Gasteiger partial charge in [0.2, 0.25) is 6.41 Å². The molecule has 1 amide bonds. The van der Waals surface area contributed by atoms with Gasteiger partial charge in [-0.15, -0.1) is 0 Å². The molecule has 0 spiro atoms. The van der Waals surface area contributed by atoms with Crippen LogP contribution in [-0.2, 0) is 11.3 Å². The third-order valence-corrected chi connectivity index (χ3v) is 2.31. The van der Waals surface area contributed by atoms with E-state index in [1.54, 1.807) is 12.1 Å². The van der Waals surface area contributed by atoms with Crippen LogP contribution in [0.5, 0.6) is 5.75 Å². The lowest BCUT2D eigenvalue weighted by Gasteiger charge is -2.05. The Morgan fingerprint density at radius 2 is 2.31 bits per heavy atom. The maximum atomic E-state index is 10.0. The Morgan fingerprint density at radius 1 is 1.62 bits per heavy atom. The molecule has 13 heavy (non-hydrogen) atoms. The topological polar surface area (TPSA) is 49.3 Å². The first-order valence-electron chi connectivity index (χ1n) is 3.49. The lowest BCUT2D eigenvalue weighted by atomic mass is 10.2. The number of rotatable bonds is 3. The number of aromatic hydroxyl groups is 1. The smallest absolute Gasteiger partial charge is 0.207 e. The largest absolute Gasteiger partial charge is 0.506 e. The highest BCUT2D eigenvalue weighted by molar-refractivity contribution is 9.10. The van der Waals surface area contributed by atoms with Crippen LogP contribution in [0.3, 0.4) is 0 Å². The molecular formula is C8H7BrClNO2. The fraction of sp³-hybridized carbons (Fsp3) is 0.125. The first-order valence-corrected chi connectivity index (χ1v) is 4.66. The number of phenols is 1. The predicted octanol–water partition coefficient (Wildman–Crippen LogP) is 2.05. The van der Waals surface area contributed by atoms with E-state index < -0.39 is 0 Å². The fourth-order valence-corrected chi connectivity index (χ4v) is 1.78. The van der Waals surface area contributed by atoms with Gasteiger partial charge in [-0.05, 0) is 28.1 Å². The lowest BCUT2D eigenvalue weighted by Crippen LogP contribution is -2.09. The first-order chi connectivity index (χ1) is 6.15. The molecular weight excluding hydrogens is 257 g/mol. The molecule has 0 heterocycles. The second kappa shape index (κ2) is 4.48. The minimum atomic E-state index is 0.0961. The first kappa shape index (κ1) is 10.3. The van der Waals surface area contributed by atoms with E-state index >= 15 is 0 Å². The van der Waals surface area contributed by atoms with Crippen molar-refractivity contribution >= 4 is 33.9 Å². The van der Waals surface area contributed by atoms with Crippen LogP contribution in [0.1, 0.15) is 5.56 Å². The van der Waals surface area contributed by atoms with Gasteiger partial charge in [0.25, 0.3) is 0 Å². The van der Waals surface area contributed by atoms with Crippen LogP contribution in [0.2, 0.25) is 5.02 Å². The molecule has 70 valence electrons. The Hall–Kier alpha value is -0.740. The zero-order valence-electron chi connectivity index (χ0n) is 6.55. The van der Waals surface area contributed by atoms with Gasteiger partial charge in [-0.3, -0.25) is 4.79 Å². The highest BCUT2D eigenvalue weighted by atomic mass is 79.9. The fourth-order valence-electron chi connectivity index (χ4n) is 0.906. The Labute approximate surface area is 88.8 Å². The highest BCUT2D eigenvalue weighted by Gasteiger charge is 2.06. The third-order valence-electron chi connectivity index (χ3n) is 1.48. The number of benzene rings is 1. The molecule has 0 aliphatic rings. The average Bonchev–Trinajstić information content (AvgIpc) is 2.09. The molecule has 0 bridgehead atoms. The number of hydrogen-bond acceptors (Lipinski definition) is 2.